The van der Waals surface area contributed by atoms with E-state index in [1.54, 1.807) is 19.1 Å². The van der Waals surface area contributed by atoms with E-state index >= 15 is 0 Å². The second-order valence-corrected chi connectivity index (χ2v) is 5.05. The number of carbonyl (C=O) groups is 1. The molecule has 2 aromatic carbocycles. The maximum Gasteiger partial charge on any atom is 0.258 e. The quantitative estimate of drug-likeness (QED) is 0.879. The van der Waals surface area contributed by atoms with E-state index in [4.69, 9.17) is 0 Å². The lowest BCUT2D eigenvalue weighted by Crippen LogP contribution is -2.16. The van der Waals surface area contributed by atoms with E-state index in [9.17, 15) is 9.18 Å². The molecule has 21 heavy (non-hydrogen) atoms. The van der Waals surface area contributed by atoms with Gasteiger partial charge < -0.3 is 5.32 Å². The van der Waals surface area contributed by atoms with Crippen molar-refractivity contribution in [2.45, 2.75) is 33.6 Å². The highest BCUT2D eigenvalue weighted by Gasteiger charge is 2.16. The first-order chi connectivity index (χ1) is 10.1. The number of rotatable bonds is 4. The fourth-order valence-electron chi connectivity index (χ4n) is 2.41. The van der Waals surface area contributed by atoms with Gasteiger partial charge in [0.25, 0.3) is 5.91 Å². The molecule has 0 saturated heterocycles. The average molecular weight is 285 g/mol. The molecular formula is C18H20FNO. The first kappa shape index (κ1) is 15.2. The van der Waals surface area contributed by atoms with Gasteiger partial charge in [0.05, 0.1) is 5.56 Å². The van der Waals surface area contributed by atoms with Gasteiger partial charge in [-0.1, -0.05) is 44.2 Å². The summed E-state index contributed by atoms with van der Waals surface area (Å²) in [6.07, 6.45) is 1.64. The third-order valence-corrected chi connectivity index (χ3v) is 3.67. The van der Waals surface area contributed by atoms with Gasteiger partial charge in [0.1, 0.15) is 5.82 Å². The summed E-state index contributed by atoms with van der Waals surface area (Å²) in [5.41, 5.74) is 3.50. The van der Waals surface area contributed by atoms with Crippen LogP contribution in [0.2, 0.25) is 0 Å². The van der Waals surface area contributed by atoms with Crippen molar-refractivity contribution in [3.05, 3.63) is 64.5 Å². The van der Waals surface area contributed by atoms with Gasteiger partial charge in [0, 0.05) is 5.69 Å². The van der Waals surface area contributed by atoms with Gasteiger partial charge in [-0.2, -0.15) is 0 Å². The molecular weight excluding hydrogens is 265 g/mol. The van der Waals surface area contributed by atoms with Gasteiger partial charge in [-0.05, 0) is 42.5 Å². The number of carbonyl (C=O) groups excluding carboxylic acids is 1. The topological polar surface area (TPSA) is 29.1 Å². The molecule has 0 saturated carbocycles. The highest BCUT2D eigenvalue weighted by atomic mass is 19.1. The minimum absolute atomic E-state index is 0.0861. The molecule has 0 heterocycles. The van der Waals surface area contributed by atoms with Crippen molar-refractivity contribution >= 4 is 11.6 Å². The van der Waals surface area contributed by atoms with E-state index in [0.29, 0.717) is 5.56 Å². The third kappa shape index (κ3) is 3.13. The van der Waals surface area contributed by atoms with Crippen molar-refractivity contribution < 1.29 is 9.18 Å². The van der Waals surface area contributed by atoms with Gasteiger partial charge in [0.15, 0.2) is 0 Å². The van der Waals surface area contributed by atoms with Crippen molar-refractivity contribution in [3.8, 4) is 0 Å². The Kier molecular flexibility index (Phi) is 4.73. The smallest absolute Gasteiger partial charge is 0.258 e. The molecule has 2 nitrogen and oxygen atoms in total. The molecule has 0 radical (unpaired) electrons. The monoisotopic (exact) mass is 285 g/mol. The fraction of sp³-hybridized carbons (Fsp3) is 0.278. The largest absolute Gasteiger partial charge is 0.321 e. The van der Waals surface area contributed by atoms with E-state index in [2.05, 4.69) is 5.32 Å². The molecule has 0 aliphatic heterocycles. The normalized spacial score (nSPS) is 10.5. The zero-order valence-corrected chi connectivity index (χ0v) is 12.7. The minimum atomic E-state index is -0.456. The molecule has 1 amide bonds. The molecule has 0 aliphatic carbocycles. The molecule has 2 aromatic rings. The summed E-state index contributed by atoms with van der Waals surface area (Å²) in [5, 5.41) is 2.89. The minimum Gasteiger partial charge on any atom is -0.321 e. The molecule has 0 bridgehead atoms. The Bertz CT molecular complexity index is 642. The van der Waals surface area contributed by atoms with Crippen molar-refractivity contribution in [1.82, 2.24) is 0 Å². The van der Waals surface area contributed by atoms with Crippen LogP contribution in [0, 0.1) is 12.7 Å². The highest BCUT2D eigenvalue weighted by Crippen LogP contribution is 2.24. The summed E-state index contributed by atoms with van der Waals surface area (Å²) in [7, 11) is 0. The molecule has 1 N–H and O–H groups in total. The van der Waals surface area contributed by atoms with Crippen LogP contribution in [0.15, 0.2) is 36.4 Å². The van der Waals surface area contributed by atoms with Crippen LogP contribution in [0.25, 0.3) is 0 Å². The lowest BCUT2D eigenvalue weighted by atomic mass is 10.0. The van der Waals surface area contributed by atoms with Crippen LogP contribution in [-0.2, 0) is 12.8 Å². The molecule has 3 heteroatoms. The molecule has 0 atom stereocenters. The molecule has 0 fully saturated rings. The second kappa shape index (κ2) is 6.53. The standard InChI is InChI=1S/C18H20FNO/c1-4-13-9-7-10-14(5-2)17(13)20-18(21)15-11-6-8-12(3)16(15)19/h6-11H,4-5H2,1-3H3,(H,20,21). The number of halogens is 1. The Hall–Kier alpha value is -2.16. The van der Waals surface area contributed by atoms with Crippen LogP contribution in [0.4, 0.5) is 10.1 Å². The zero-order chi connectivity index (χ0) is 15.4. The number of anilines is 1. The van der Waals surface area contributed by atoms with Crippen LogP contribution in [-0.4, -0.2) is 5.91 Å². The summed E-state index contributed by atoms with van der Waals surface area (Å²) in [5.74, 6) is -0.853. The molecule has 0 aliphatic rings. The Morgan fingerprint density at radius 3 is 2.19 bits per heavy atom. The second-order valence-electron chi connectivity index (χ2n) is 5.05. The molecule has 0 spiro atoms. The number of amides is 1. The van der Waals surface area contributed by atoms with E-state index < -0.39 is 11.7 Å². The number of nitrogens with one attached hydrogen (secondary N) is 1. The number of para-hydroxylation sites is 1. The SMILES string of the molecule is CCc1cccc(CC)c1NC(=O)c1cccc(C)c1F. The summed E-state index contributed by atoms with van der Waals surface area (Å²) < 4.78 is 14.1. The molecule has 110 valence electrons. The van der Waals surface area contributed by atoms with Crippen LogP contribution in [0.5, 0.6) is 0 Å². The van der Waals surface area contributed by atoms with Crippen molar-refractivity contribution in [1.29, 1.82) is 0 Å². The summed E-state index contributed by atoms with van der Waals surface area (Å²) in [4.78, 5) is 12.4. The van der Waals surface area contributed by atoms with Crippen LogP contribution < -0.4 is 5.32 Å². The van der Waals surface area contributed by atoms with Gasteiger partial charge in [-0.3, -0.25) is 4.79 Å². The summed E-state index contributed by atoms with van der Waals surface area (Å²) in [6, 6.07) is 10.8. The molecule has 0 aromatic heterocycles. The fourth-order valence-corrected chi connectivity index (χ4v) is 2.41. The third-order valence-electron chi connectivity index (χ3n) is 3.67. The molecule has 2 rings (SSSR count). The Morgan fingerprint density at radius 2 is 1.62 bits per heavy atom. The lowest BCUT2D eigenvalue weighted by molar-refractivity contribution is 0.102. The van der Waals surface area contributed by atoms with Crippen LogP contribution >= 0.6 is 0 Å². The predicted molar refractivity (Wildman–Crippen MR) is 84.3 cm³/mol. The lowest BCUT2D eigenvalue weighted by Gasteiger charge is -2.15. The predicted octanol–water partition coefficient (Wildman–Crippen LogP) is 4.51. The zero-order valence-electron chi connectivity index (χ0n) is 12.7. The van der Waals surface area contributed by atoms with Crippen LogP contribution in [0.1, 0.15) is 40.9 Å². The van der Waals surface area contributed by atoms with Gasteiger partial charge in [-0.25, -0.2) is 4.39 Å². The maximum absolute atomic E-state index is 14.1. The Morgan fingerprint density at radius 1 is 1.05 bits per heavy atom. The number of hydrogen-bond donors (Lipinski definition) is 1. The highest BCUT2D eigenvalue weighted by molar-refractivity contribution is 6.05. The van der Waals surface area contributed by atoms with E-state index in [1.807, 2.05) is 32.0 Å². The summed E-state index contributed by atoms with van der Waals surface area (Å²) >= 11 is 0. The van der Waals surface area contributed by atoms with Gasteiger partial charge in [0.2, 0.25) is 0 Å². The number of benzene rings is 2. The maximum atomic E-state index is 14.1. The van der Waals surface area contributed by atoms with E-state index in [1.165, 1.54) is 6.07 Å². The number of aryl methyl sites for hydroxylation is 3. The first-order valence-corrected chi connectivity index (χ1v) is 7.25. The Labute approximate surface area is 125 Å². The van der Waals surface area contributed by atoms with Crippen molar-refractivity contribution in [3.63, 3.8) is 0 Å². The number of hydrogen-bond acceptors (Lipinski definition) is 1. The Balaban J connectivity index is 2.38. The summed E-state index contributed by atoms with van der Waals surface area (Å²) in [6.45, 7) is 5.74. The van der Waals surface area contributed by atoms with Crippen LogP contribution in [0.3, 0.4) is 0 Å². The van der Waals surface area contributed by atoms with Gasteiger partial charge >= 0.3 is 0 Å². The van der Waals surface area contributed by atoms with Crippen molar-refractivity contribution in [2.75, 3.05) is 5.32 Å². The van der Waals surface area contributed by atoms with Gasteiger partial charge in [-0.15, -0.1) is 0 Å². The first-order valence-electron chi connectivity index (χ1n) is 7.25. The van der Waals surface area contributed by atoms with E-state index in [-0.39, 0.29) is 5.56 Å². The van der Waals surface area contributed by atoms with Crippen molar-refractivity contribution in [2.24, 2.45) is 0 Å². The van der Waals surface area contributed by atoms with E-state index in [0.717, 1.165) is 29.7 Å². The average Bonchev–Trinajstić information content (AvgIpc) is 2.50. The molecule has 0 unspecified atom stereocenters.